The SMILES string of the molecule is Cc1ccc2c(C3(N)CCC3)cccc2c1. The minimum absolute atomic E-state index is 0.0607. The van der Waals surface area contributed by atoms with Crippen LogP contribution in [-0.4, -0.2) is 0 Å². The molecule has 0 amide bonds. The summed E-state index contributed by atoms with van der Waals surface area (Å²) in [5, 5.41) is 2.64. The van der Waals surface area contributed by atoms with Gasteiger partial charge in [0.2, 0.25) is 0 Å². The van der Waals surface area contributed by atoms with Gasteiger partial charge in [-0.15, -0.1) is 0 Å². The third-order valence-corrected chi connectivity index (χ3v) is 3.82. The van der Waals surface area contributed by atoms with Crippen molar-refractivity contribution < 1.29 is 0 Å². The maximum atomic E-state index is 6.43. The first-order chi connectivity index (χ1) is 7.69. The predicted molar refractivity (Wildman–Crippen MR) is 68.4 cm³/mol. The molecule has 0 aliphatic heterocycles. The van der Waals surface area contributed by atoms with Gasteiger partial charge in [-0.05, 0) is 42.5 Å². The Morgan fingerprint density at radius 1 is 1.12 bits per heavy atom. The zero-order valence-corrected chi connectivity index (χ0v) is 9.66. The van der Waals surface area contributed by atoms with Crippen molar-refractivity contribution in [3.63, 3.8) is 0 Å². The molecular weight excluding hydrogens is 194 g/mol. The van der Waals surface area contributed by atoms with Gasteiger partial charge in [0, 0.05) is 5.54 Å². The largest absolute Gasteiger partial charge is 0.321 e. The van der Waals surface area contributed by atoms with Crippen molar-refractivity contribution in [2.45, 2.75) is 31.7 Å². The lowest BCUT2D eigenvalue weighted by Crippen LogP contribution is -2.43. The Balaban J connectivity index is 2.25. The minimum atomic E-state index is -0.0607. The molecule has 1 nitrogen and oxygen atoms in total. The fourth-order valence-corrected chi connectivity index (χ4v) is 2.66. The summed E-state index contributed by atoms with van der Waals surface area (Å²) in [6.07, 6.45) is 3.51. The van der Waals surface area contributed by atoms with Crippen molar-refractivity contribution >= 4 is 10.8 Å². The fourth-order valence-electron chi connectivity index (χ4n) is 2.66. The quantitative estimate of drug-likeness (QED) is 0.767. The number of hydrogen-bond acceptors (Lipinski definition) is 1. The number of hydrogen-bond donors (Lipinski definition) is 1. The number of rotatable bonds is 1. The van der Waals surface area contributed by atoms with E-state index in [0.29, 0.717) is 0 Å². The summed E-state index contributed by atoms with van der Waals surface area (Å²) in [6, 6.07) is 13.1. The summed E-state index contributed by atoms with van der Waals surface area (Å²) < 4.78 is 0. The number of fused-ring (bicyclic) bond motifs is 1. The normalized spacial score (nSPS) is 18.4. The Kier molecular flexibility index (Phi) is 2.05. The van der Waals surface area contributed by atoms with Gasteiger partial charge in [-0.2, -0.15) is 0 Å². The molecule has 0 unspecified atom stereocenters. The second-order valence-electron chi connectivity index (χ2n) is 5.04. The van der Waals surface area contributed by atoms with Gasteiger partial charge in [0.05, 0.1) is 0 Å². The van der Waals surface area contributed by atoms with Crippen LogP contribution in [0.2, 0.25) is 0 Å². The predicted octanol–water partition coefficient (Wildman–Crippen LogP) is 3.49. The average Bonchev–Trinajstić information content (AvgIpc) is 2.24. The Bertz CT molecular complexity index is 538. The highest BCUT2D eigenvalue weighted by Crippen LogP contribution is 2.41. The molecule has 16 heavy (non-hydrogen) atoms. The number of aryl methyl sites for hydroxylation is 1. The van der Waals surface area contributed by atoms with E-state index in [0.717, 1.165) is 12.8 Å². The zero-order valence-electron chi connectivity index (χ0n) is 9.66. The van der Waals surface area contributed by atoms with Gasteiger partial charge in [0.1, 0.15) is 0 Å². The Labute approximate surface area is 96.3 Å². The lowest BCUT2D eigenvalue weighted by atomic mass is 9.71. The molecule has 0 heterocycles. The van der Waals surface area contributed by atoms with E-state index in [1.807, 2.05) is 0 Å². The van der Waals surface area contributed by atoms with Crippen LogP contribution in [0.15, 0.2) is 36.4 Å². The molecule has 0 saturated heterocycles. The van der Waals surface area contributed by atoms with Crippen LogP contribution < -0.4 is 5.73 Å². The molecule has 1 fully saturated rings. The lowest BCUT2D eigenvalue weighted by molar-refractivity contribution is 0.256. The molecule has 1 heteroatoms. The molecule has 82 valence electrons. The number of nitrogens with two attached hydrogens (primary N) is 1. The van der Waals surface area contributed by atoms with E-state index in [4.69, 9.17) is 5.73 Å². The molecule has 2 aromatic rings. The molecule has 2 aromatic carbocycles. The van der Waals surface area contributed by atoms with Crippen molar-refractivity contribution in [3.8, 4) is 0 Å². The highest BCUT2D eigenvalue weighted by molar-refractivity contribution is 5.87. The molecule has 0 radical (unpaired) electrons. The average molecular weight is 211 g/mol. The van der Waals surface area contributed by atoms with E-state index in [2.05, 4.69) is 43.3 Å². The summed E-state index contributed by atoms with van der Waals surface area (Å²) in [6.45, 7) is 2.13. The third kappa shape index (κ3) is 1.35. The van der Waals surface area contributed by atoms with Gasteiger partial charge < -0.3 is 5.73 Å². The van der Waals surface area contributed by atoms with E-state index in [9.17, 15) is 0 Å². The maximum Gasteiger partial charge on any atom is 0.0415 e. The van der Waals surface area contributed by atoms with Gasteiger partial charge in [-0.3, -0.25) is 0 Å². The van der Waals surface area contributed by atoms with Crippen molar-refractivity contribution in [2.24, 2.45) is 5.73 Å². The molecule has 1 aliphatic carbocycles. The van der Waals surface area contributed by atoms with Crippen molar-refractivity contribution in [1.29, 1.82) is 0 Å². The van der Waals surface area contributed by atoms with Crippen LogP contribution in [0.1, 0.15) is 30.4 Å². The second kappa shape index (κ2) is 3.33. The standard InChI is InChI=1S/C15H17N/c1-11-6-7-13-12(10-11)4-2-5-14(13)15(16)8-3-9-15/h2,4-7,10H,3,8-9,16H2,1H3. The summed E-state index contributed by atoms with van der Waals surface area (Å²) in [7, 11) is 0. The maximum absolute atomic E-state index is 6.43. The third-order valence-electron chi connectivity index (χ3n) is 3.82. The monoisotopic (exact) mass is 211 g/mol. The van der Waals surface area contributed by atoms with Gasteiger partial charge >= 0.3 is 0 Å². The minimum Gasteiger partial charge on any atom is -0.321 e. The van der Waals surface area contributed by atoms with Gasteiger partial charge in [-0.25, -0.2) is 0 Å². The lowest BCUT2D eigenvalue weighted by Gasteiger charge is -2.39. The van der Waals surface area contributed by atoms with E-state index in [1.54, 1.807) is 0 Å². The first-order valence-electron chi connectivity index (χ1n) is 5.98. The number of benzene rings is 2. The Morgan fingerprint density at radius 2 is 1.94 bits per heavy atom. The fraction of sp³-hybridized carbons (Fsp3) is 0.333. The molecule has 0 aromatic heterocycles. The smallest absolute Gasteiger partial charge is 0.0415 e. The van der Waals surface area contributed by atoms with Gasteiger partial charge in [0.25, 0.3) is 0 Å². The Morgan fingerprint density at radius 3 is 2.62 bits per heavy atom. The zero-order chi connectivity index (χ0) is 11.2. The van der Waals surface area contributed by atoms with Crippen LogP contribution in [0, 0.1) is 6.92 Å². The summed E-state index contributed by atoms with van der Waals surface area (Å²) in [5.74, 6) is 0. The molecule has 0 bridgehead atoms. The Hall–Kier alpha value is -1.34. The second-order valence-corrected chi connectivity index (χ2v) is 5.04. The van der Waals surface area contributed by atoms with E-state index in [-0.39, 0.29) is 5.54 Å². The topological polar surface area (TPSA) is 26.0 Å². The van der Waals surface area contributed by atoms with Gasteiger partial charge in [0.15, 0.2) is 0 Å². The van der Waals surface area contributed by atoms with Crippen molar-refractivity contribution in [3.05, 3.63) is 47.5 Å². The summed E-state index contributed by atoms with van der Waals surface area (Å²) in [5.41, 5.74) is 9.01. The van der Waals surface area contributed by atoms with E-state index < -0.39 is 0 Å². The molecule has 3 rings (SSSR count). The van der Waals surface area contributed by atoms with Crippen LogP contribution in [0.4, 0.5) is 0 Å². The molecular formula is C15H17N. The summed E-state index contributed by atoms with van der Waals surface area (Å²) in [4.78, 5) is 0. The molecule has 2 N–H and O–H groups in total. The summed E-state index contributed by atoms with van der Waals surface area (Å²) >= 11 is 0. The van der Waals surface area contributed by atoms with E-state index >= 15 is 0 Å². The first kappa shape index (κ1) is 9.86. The van der Waals surface area contributed by atoms with Crippen LogP contribution >= 0.6 is 0 Å². The van der Waals surface area contributed by atoms with Crippen LogP contribution in [-0.2, 0) is 5.54 Å². The first-order valence-corrected chi connectivity index (χ1v) is 5.98. The van der Waals surface area contributed by atoms with E-state index in [1.165, 1.54) is 28.3 Å². The van der Waals surface area contributed by atoms with Crippen molar-refractivity contribution in [1.82, 2.24) is 0 Å². The molecule has 1 saturated carbocycles. The highest BCUT2D eigenvalue weighted by Gasteiger charge is 2.35. The van der Waals surface area contributed by atoms with Crippen LogP contribution in [0.25, 0.3) is 10.8 Å². The van der Waals surface area contributed by atoms with Crippen LogP contribution in [0.5, 0.6) is 0 Å². The highest BCUT2D eigenvalue weighted by atomic mass is 14.8. The van der Waals surface area contributed by atoms with Crippen molar-refractivity contribution in [2.75, 3.05) is 0 Å². The van der Waals surface area contributed by atoms with Crippen LogP contribution in [0.3, 0.4) is 0 Å². The molecule has 0 spiro atoms. The van der Waals surface area contributed by atoms with Gasteiger partial charge in [-0.1, -0.05) is 42.0 Å². The molecule has 1 aliphatic rings. The molecule has 0 atom stereocenters.